The van der Waals surface area contributed by atoms with Crippen LogP contribution in [0.2, 0.25) is 0 Å². The van der Waals surface area contributed by atoms with Gasteiger partial charge in [0.05, 0.1) is 5.52 Å². The Bertz CT molecular complexity index is 762. The SMILES string of the molecule is C=CC(=O)N1CCSCC1C(=O)Nc1ccc2ncccc2c1. The molecule has 0 bridgehead atoms. The summed E-state index contributed by atoms with van der Waals surface area (Å²) in [6, 6.07) is 8.91. The first-order chi connectivity index (χ1) is 11.2. The van der Waals surface area contributed by atoms with Crippen molar-refractivity contribution >= 4 is 40.2 Å². The maximum absolute atomic E-state index is 12.6. The fourth-order valence-corrected chi connectivity index (χ4v) is 3.63. The van der Waals surface area contributed by atoms with E-state index in [-0.39, 0.29) is 11.8 Å². The Kier molecular flexibility index (Phi) is 4.62. The molecule has 1 saturated heterocycles. The molecule has 118 valence electrons. The fraction of sp³-hybridized carbons (Fsp3) is 0.235. The van der Waals surface area contributed by atoms with Crippen LogP contribution in [-0.4, -0.2) is 45.8 Å². The van der Waals surface area contributed by atoms with E-state index in [1.807, 2.05) is 30.3 Å². The highest BCUT2D eigenvalue weighted by Gasteiger charge is 2.31. The fourth-order valence-electron chi connectivity index (χ4n) is 2.58. The monoisotopic (exact) mass is 327 g/mol. The number of benzene rings is 1. The Hall–Kier alpha value is -2.34. The van der Waals surface area contributed by atoms with E-state index in [2.05, 4.69) is 16.9 Å². The molecule has 2 aromatic rings. The van der Waals surface area contributed by atoms with E-state index in [0.717, 1.165) is 16.7 Å². The average Bonchev–Trinajstić information content (AvgIpc) is 2.61. The van der Waals surface area contributed by atoms with E-state index in [1.54, 1.807) is 22.9 Å². The molecule has 6 heteroatoms. The lowest BCUT2D eigenvalue weighted by Gasteiger charge is -2.33. The number of thioether (sulfide) groups is 1. The van der Waals surface area contributed by atoms with Crippen LogP contribution in [0.5, 0.6) is 0 Å². The summed E-state index contributed by atoms with van der Waals surface area (Å²) in [6.45, 7) is 4.08. The maximum Gasteiger partial charge on any atom is 0.248 e. The first-order valence-corrected chi connectivity index (χ1v) is 8.51. The lowest BCUT2D eigenvalue weighted by Crippen LogP contribution is -2.51. The lowest BCUT2D eigenvalue weighted by molar-refractivity contribution is -0.133. The molecule has 1 aromatic carbocycles. The van der Waals surface area contributed by atoms with Gasteiger partial charge in [0.25, 0.3) is 0 Å². The molecule has 1 aromatic heterocycles. The quantitative estimate of drug-likeness (QED) is 0.879. The Balaban J connectivity index is 1.78. The zero-order valence-corrected chi connectivity index (χ0v) is 13.4. The summed E-state index contributed by atoms with van der Waals surface area (Å²) in [5, 5.41) is 3.86. The number of rotatable bonds is 3. The van der Waals surface area contributed by atoms with Crippen molar-refractivity contribution in [2.75, 3.05) is 23.4 Å². The minimum absolute atomic E-state index is 0.171. The van der Waals surface area contributed by atoms with Crippen molar-refractivity contribution < 1.29 is 9.59 Å². The molecule has 0 aliphatic carbocycles. The number of hydrogen-bond acceptors (Lipinski definition) is 4. The minimum Gasteiger partial charge on any atom is -0.325 e. The Labute approximate surface area is 138 Å². The van der Waals surface area contributed by atoms with E-state index in [9.17, 15) is 9.59 Å². The Morgan fingerprint density at radius 3 is 3.09 bits per heavy atom. The molecule has 0 radical (unpaired) electrons. The number of nitrogens with one attached hydrogen (secondary N) is 1. The average molecular weight is 327 g/mol. The standard InChI is InChI=1S/C17H17N3O2S/c1-2-16(21)20-8-9-23-11-15(20)17(22)19-13-5-6-14-12(10-13)4-3-7-18-14/h2-7,10,15H,1,8-9,11H2,(H,19,22). The third-order valence-corrected chi connectivity index (χ3v) is 4.78. The smallest absolute Gasteiger partial charge is 0.248 e. The molecule has 1 aliphatic rings. The first-order valence-electron chi connectivity index (χ1n) is 7.35. The number of nitrogens with zero attached hydrogens (tertiary/aromatic N) is 2. The summed E-state index contributed by atoms with van der Waals surface area (Å²) >= 11 is 1.68. The molecule has 2 amide bonds. The van der Waals surface area contributed by atoms with E-state index in [0.29, 0.717) is 18.0 Å². The predicted octanol–water partition coefficient (Wildman–Crippen LogP) is 2.30. The van der Waals surface area contributed by atoms with Gasteiger partial charge in [0.1, 0.15) is 6.04 Å². The first kappa shape index (κ1) is 15.6. The van der Waals surface area contributed by atoms with Gasteiger partial charge in [-0.3, -0.25) is 14.6 Å². The van der Waals surface area contributed by atoms with E-state index >= 15 is 0 Å². The van der Waals surface area contributed by atoms with Crippen LogP contribution in [0.4, 0.5) is 5.69 Å². The number of carbonyl (C=O) groups is 2. The molecule has 1 aliphatic heterocycles. The van der Waals surface area contributed by atoms with Crippen molar-refractivity contribution in [1.82, 2.24) is 9.88 Å². The highest BCUT2D eigenvalue weighted by atomic mass is 32.2. The molecule has 3 rings (SSSR count). The topological polar surface area (TPSA) is 62.3 Å². The van der Waals surface area contributed by atoms with Crippen LogP contribution in [0.15, 0.2) is 49.2 Å². The highest BCUT2D eigenvalue weighted by molar-refractivity contribution is 7.99. The number of carbonyl (C=O) groups excluding carboxylic acids is 2. The molecule has 1 unspecified atom stereocenters. The summed E-state index contributed by atoms with van der Waals surface area (Å²) < 4.78 is 0. The van der Waals surface area contributed by atoms with Crippen molar-refractivity contribution in [1.29, 1.82) is 0 Å². The largest absolute Gasteiger partial charge is 0.325 e. The van der Waals surface area contributed by atoms with Crippen LogP contribution >= 0.6 is 11.8 Å². The van der Waals surface area contributed by atoms with Gasteiger partial charge in [-0.2, -0.15) is 11.8 Å². The zero-order chi connectivity index (χ0) is 16.2. The van der Waals surface area contributed by atoms with Crippen LogP contribution in [0.3, 0.4) is 0 Å². The maximum atomic E-state index is 12.6. The summed E-state index contributed by atoms with van der Waals surface area (Å²) in [5.41, 5.74) is 1.58. The molecular weight excluding hydrogens is 310 g/mol. The molecule has 5 nitrogen and oxygen atoms in total. The van der Waals surface area contributed by atoms with Crippen molar-refractivity contribution in [3.8, 4) is 0 Å². The Morgan fingerprint density at radius 1 is 1.39 bits per heavy atom. The van der Waals surface area contributed by atoms with Crippen LogP contribution < -0.4 is 5.32 Å². The summed E-state index contributed by atoms with van der Waals surface area (Å²) in [7, 11) is 0. The number of fused-ring (bicyclic) bond motifs is 1. The number of pyridine rings is 1. The van der Waals surface area contributed by atoms with Crippen LogP contribution in [0.1, 0.15) is 0 Å². The zero-order valence-electron chi connectivity index (χ0n) is 12.6. The van der Waals surface area contributed by atoms with Gasteiger partial charge >= 0.3 is 0 Å². The summed E-state index contributed by atoms with van der Waals surface area (Å²) in [4.78, 5) is 30.3. The molecule has 23 heavy (non-hydrogen) atoms. The normalized spacial score (nSPS) is 17.7. The lowest BCUT2D eigenvalue weighted by atomic mass is 10.2. The second-order valence-electron chi connectivity index (χ2n) is 5.23. The van der Waals surface area contributed by atoms with Gasteiger partial charge in [-0.1, -0.05) is 12.6 Å². The highest BCUT2D eigenvalue weighted by Crippen LogP contribution is 2.21. The van der Waals surface area contributed by atoms with Gasteiger partial charge in [0.2, 0.25) is 11.8 Å². The van der Waals surface area contributed by atoms with E-state index < -0.39 is 6.04 Å². The van der Waals surface area contributed by atoms with E-state index in [1.165, 1.54) is 6.08 Å². The van der Waals surface area contributed by atoms with Gasteiger partial charge in [-0.25, -0.2) is 0 Å². The van der Waals surface area contributed by atoms with Crippen molar-refractivity contribution in [3.05, 3.63) is 49.2 Å². The van der Waals surface area contributed by atoms with Crippen molar-refractivity contribution in [2.24, 2.45) is 0 Å². The van der Waals surface area contributed by atoms with Gasteiger partial charge in [-0.05, 0) is 30.3 Å². The van der Waals surface area contributed by atoms with Gasteiger partial charge in [0, 0.05) is 35.3 Å². The molecule has 1 N–H and O–H groups in total. The van der Waals surface area contributed by atoms with Crippen molar-refractivity contribution in [3.63, 3.8) is 0 Å². The molecule has 1 atom stereocenters. The molecule has 0 spiro atoms. The van der Waals surface area contributed by atoms with Crippen LogP contribution in [0.25, 0.3) is 10.9 Å². The van der Waals surface area contributed by atoms with Crippen molar-refractivity contribution in [2.45, 2.75) is 6.04 Å². The minimum atomic E-state index is -0.469. The molecule has 0 saturated carbocycles. The number of amides is 2. The molecular formula is C17H17N3O2S. The van der Waals surface area contributed by atoms with E-state index in [4.69, 9.17) is 0 Å². The third-order valence-electron chi connectivity index (χ3n) is 3.76. The van der Waals surface area contributed by atoms with Crippen LogP contribution in [-0.2, 0) is 9.59 Å². The Morgan fingerprint density at radius 2 is 2.26 bits per heavy atom. The second kappa shape index (κ2) is 6.83. The molecule has 1 fully saturated rings. The number of aromatic nitrogens is 1. The summed E-state index contributed by atoms with van der Waals surface area (Å²) in [6.07, 6.45) is 3.00. The van der Waals surface area contributed by atoms with Gasteiger partial charge in [-0.15, -0.1) is 0 Å². The third kappa shape index (κ3) is 3.37. The van der Waals surface area contributed by atoms with Gasteiger partial charge < -0.3 is 10.2 Å². The second-order valence-corrected chi connectivity index (χ2v) is 6.38. The molecule has 2 heterocycles. The van der Waals surface area contributed by atoms with Crippen LogP contribution in [0, 0.1) is 0 Å². The predicted molar refractivity (Wildman–Crippen MR) is 93.4 cm³/mol. The number of hydrogen-bond donors (Lipinski definition) is 1. The summed E-state index contributed by atoms with van der Waals surface area (Å²) in [5.74, 6) is 1.06. The number of anilines is 1. The van der Waals surface area contributed by atoms with Gasteiger partial charge in [0.15, 0.2) is 0 Å².